The van der Waals surface area contributed by atoms with Crippen molar-refractivity contribution in [1.29, 1.82) is 0 Å². The maximum atomic E-state index is 12.3. The van der Waals surface area contributed by atoms with E-state index < -0.39 is 0 Å². The summed E-state index contributed by atoms with van der Waals surface area (Å²) in [7, 11) is 4.58. The number of pyridine rings is 1. The molecule has 0 spiro atoms. The number of phenolic OH excluding ortho intramolecular Hbond substituents is 1. The van der Waals surface area contributed by atoms with Gasteiger partial charge in [0.2, 0.25) is 11.7 Å². The standard InChI is InChI=1S/C21H20N2O5/c1-26-16-11-13(12-17(27-2)21(16)28-3)7-10-19(25)22-18-9-8-14-5-4-6-15(24)20(14)23-18/h4-12,24H,1-3H3,(H,22,23,25)/b10-7+. The van der Waals surface area contributed by atoms with Gasteiger partial charge in [-0.05, 0) is 42.0 Å². The minimum absolute atomic E-state index is 0.0570. The number of para-hydroxylation sites is 1. The number of anilines is 1. The molecule has 7 nitrogen and oxygen atoms in total. The van der Waals surface area contributed by atoms with Crippen LogP contribution in [0.2, 0.25) is 0 Å². The molecule has 1 amide bonds. The lowest BCUT2D eigenvalue weighted by atomic mass is 10.1. The van der Waals surface area contributed by atoms with Gasteiger partial charge < -0.3 is 24.6 Å². The first-order chi connectivity index (χ1) is 13.5. The molecule has 0 aliphatic heterocycles. The number of rotatable bonds is 6. The maximum Gasteiger partial charge on any atom is 0.249 e. The zero-order valence-electron chi connectivity index (χ0n) is 15.7. The van der Waals surface area contributed by atoms with Crippen molar-refractivity contribution >= 4 is 28.7 Å². The van der Waals surface area contributed by atoms with Crippen LogP contribution in [0.25, 0.3) is 17.0 Å². The summed E-state index contributed by atoms with van der Waals surface area (Å²) in [5.41, 5.74) is 1.13. The number of aromatic hydroxyl groups is 1. The lowest BCUT2D eigenvalue weighted by Crippen LogP contribution is -2.09. The van der Waals surface area contributed by atoms with Gasteiger partial charge in [-0.3, -0.25) is 4.79 Å². The SMILES string of the molecule is COc1cc(/C=C/C(=O)Nc2ccc3cccc(O)c3n2)cc(OC)c1OC. The molecule has 0 atom stereocenters. The van der Waals surface area contributed by atoms with Gasteiger partial charge in [0.25, 0.3) is 0 Å². The maximum absolute atomic E-state index is 12.3. The van der Waals surface area contributed by atoms with Crippen LogP contribution >= 0.6 is 0 Å². The normalized spacial score (nSPS) is 10.8. The molecule has 144 valence electrons. The quantitative estimate of drug-likeness (QED) is 0.635. The summed E-state index contributed by atoms with van der Waals surface area (Å²) in [6, 6.07) is 12.0. The van der Waals surface area contributed by atoms with E-state index in [-0.39, 0.29) is 11.7 Å². The third-order valence-corrected chi connectivity index (χ3v) is 4.06. The molecule has 3 rings (SSSR count). The van der Waals surface area contributed by atoms with Crippen LogP contribution in [-0.4, -0.2) is 37.3 Å². The van der Waals surface area contributed by atoms with E-state index in [0.717, 1.165) is 5.39 Å². The van der Waals surface area contributed by atoms with E-state index in [1.807, 2.05) is 6.07 Å². The van der Waals surface area contributed by atoms with Gasteiger partial charge in [0.1, 0.15) is 17.1 Å². The fraction of sp³-hybridized carbons (Fsp3) is 0.143. The third kappa shape index (κ3) is 3.98. The number of carbonyl (C=O) groups excluding carboxylic acids is 1. The summed E-state index contributed by atoms with van der Waals surface area (Å²) in [5.74, 6) is 1.50. The van der Waals surface area contributed by atoms with E-state index in [4.69, 9.17) is 14.2 Å². The van der Waals surface area contributed by atoms with Crippen molar-refractivity contribution in [1.82, 2.24) is 4.98 Å². The summed E-state index contributed by atoms with van der Waals surface area (Å²) in [6.07, 6.45) is 3.00. The Bertz CT molecular complexity index is 1020. The molecular weight excluding hydrogens is 360 g/mol. The highest BCUT2D eigenvalue weighted by atomic mass is 16.5. The number of fused-ring (bicyclic) bond motifs is 1. The number of carbonyl (C=O) groups is 1. The Kier molecular flexibility index (Phi) is 5.64. The molecule has 0 saturated carbocycles. The van der Waals surface area contributed by atoms with E-state index in [0.29, 0.717) is 34.1 Å². The predicted molar refractivity (Wildman–Crippen MR) is 107 cm³/mol. The number of nitrogens with one attached hydrogen (secondary N) is 1. The minimum atomic E-state index is -0.365. The summed E-state index contributed by atoms with van der Waals surface area (Å²) >= 11 is 0. The average Bonchev–Trinajstić information content (AvgIpc) is 2.72. The van der Waals surface area contributed by atoms with Gasteiger partial charge in [-0.1, -0.05) is 12.1 Å². The molecule has 7 heteroatoms. The first-order valence-corrected chi connectivity index (χ1v) is 8.43. The van der Waals surface area contributed by atoms with E-state index >= 15 is 0 Å². The van der Waals surface area contributed by atoms with Crippen molar-refractivity contribution in [3.05, 3.63) is 54.1 Å². The number of methoxy groups -OCH3 is 3. The zero-order chi connectivity index (χ0) is 20.1. The van der Waals surface area contributed by atoms with E-state index in [1.54, 1.807) is 42.5 Å². The number of amides is 1. The summed E-state index contributed by atoms with van der Waals surface area (Å²) in [6.45, 7) is 0. The van der Waals surface area contributed by atoms with E-state index in [9.17, 15) is 9.90 Å². The molecular formula is C21H20N2O5. The molecule has 0 aliphatic carbocycles. The molecule has 0 radical (unpaired) electrons. The Morgan fingerprint density at radius 2 is 1.75 bits per heavy atom. The number of hydrogen-bond donors (Lipinski definition) is 2. The first-order valence-electron chi connectivity index (χ1n) is 8.43. The Labute approximate surface area is 162 Å². The van der Waals surface area contributed by atoms with Gasteiger partial charge in [0, 0.05) is 11.5 Å². The van der Waals surface area contributed by atoms with Gasteiger partial charge in [0.05, 0.1) is 21.3 Å². The number of phenols is 1. The molecule has 2 N–H and O–H groups in total. The van der Waals surface area contributed by atoms with Gasteiger partial charge in [-0.2, -0.15) is 0 Å². The highest BCUT2D eigenvalue weighted by Gasteiger charge is 2.12. The molecule has 2 aromatic carbocycles. The number of aromatic nitrogens is 1. The van der Waals surface area contributed by atoms with Gasteiger partial charge >= 0.3 is 0 Å². The van der Waals surface area contributed by atoms with Crippen LogP contribution in [0.1, 0.15) is 5.56 Å². The fourth-order valence-corrected chi connectivity index (χ4v) is 2.74. The first kappa shape index (κ1) is 19.0. The van der Waals surface area contributed by atoms with Crippen molar-refractivity contribution in [2.75, 3.05) is 26.6 Å². The van der Waals surface area contributed by atoms with Crippen LogP contribution in [0.15, 0.2) is 48.5 Å². The lowest BCUT2D eigenvalue weighted by molar-refractivity contribution is -0.111. The van der Waals surface area contributed by atoms with Gasteiger partial charge in [-0.15, -0.1) is 0 Å². The summed E-state index contributed by atoms with van der Waals surface area (Å²) in [5, 5.41) is 13.4. The van der Waals surface area contributed by atoms with E-state index in [1.165, 1.54) is 27.4 Å². The van der Waals surface area contributed by atoms with Crippen LogP contribution in [0, 0.1) is 0 Å². The summed E-state index contributed by atoms with van der Waals surface area (Å²) < 4.78 is 15.9. The monoisotopic (exact) mass is 380 g/mol. The summed E-state index contributed by atoms with van der Waals surface area (Å²) in [4.78, 5) is 16.5. The Balaban J connectivity index is 1.79. The third-order valence-electron chi connectivity index (χ3n) is 4.06. The Morgan fingerprint density at radius 1 is 1.04 bits per heavy atom. The van der Waals surface area contributed by atoms with Crippen LogP contribution in [0.4, 0.5) is 5.82 Å². The molecule has 3 aromatic rings. The number of hydrogen-bond acceptors (Lipinski definition) is 6. The molecule has 0 fully saturated rings. The van der Waals surface area contributed by atoms with Crippen molar-refractivity contribution < 1.29 is 24.1 Å². The second-order valence-corrected chi connectivity index (χ2v) is 5.83. The minimum Gasteiger partial charge on any atom is -0.506 e. The van der Waals surface area contributed by atoms with Gasteiger partial charge in [0.15, 0.2) is 11.5 Å². The highest BCUT2D eigenvalue weighted by Crippen LogP contribution is 2.38. The molecule has 0 aliphatic rings. The average molecular weight is 380 g/mol. The Hall–Kier alpha value is -3.74. The van der Waals surface area contributed by atoms with Crippen molar-refractivity contribution in [3.8, 4) is 23.0 Å². The second-order valence-electron chi connectivity index (χ2n) is 5.83. The molecule has 28 heavy (non-hydrogen) atoms. The van der Waals surface area contributed by atoms with Crippen molar-refractivity contribution in [2.45, 2.75) is 0 Å². The molecule has 0 unspecified atom stereocenters. The largest absolute Gasteiger partial charge is 0.506 e. The molecule has 1 heterocycles. The molecule has 1 aromatic heterocycles. The zero-order valence-corrected chi connectivity index (χ0v) is 15.7. The smallest absolute Gasteiger partial charge is 0.249 e. The lowest BCUT2D eigenvalue weighted by Gasteiger charge is -2.12. The number of nitrogens with zero attached hydrogens (tertiary/aromatic N) is 1. The van der Waals surface area contributed by atoms with Crippen LogP contribution in [-0.2, 0) is 4.79 Å². The molecule has 0 bridgehead atoms. The highest BCUT2D eigenvalue weighted by molar-refractivity contribution is 6.02. The van der Waals surface area contributed by atoms with Crippen LogP contribution in [0.3, 0.4) is 0 Å². The van der Waals surface area contributed by atoms with Crippen molar-refractivity contribution in [3.63, 3.8) is 0 Å². The van der Waals surface area contributed by atoms with Crippen LogP contribution < -0.4 is 19.5 Å². The van der Waals surface area contributed by atoms with Crippen LogP contribution in [0.5, 0.6) is 23.0 Å². The molecule has 0 saturated heterocycles. The topological polar surface area (TPSA) is 89.9 Å². The number of ether oxygens (including phenoxy) is 3. The predicted octanol–water partition coefficient (Wildman–Crippen LogP) is 3.62. The van der Waals surface area contributed by atoms with Gasteiger partial charge in [-0.25, -0.2) is 4.98 Å². The second kappa shape index (κ2) is 8.30. The van der Waals surface area contributed by atoms with E-state index in [2.05, 4.69) is 10.3 Å². The Morgan fingerprint density at radius 3 is 2.39 bits per heavy atom. The fourth-order valence-electron chi connectivity index (χ4n) is 2.74. The number of benzene rings is 2. The van der Waals surface area contributed by atoms with Crippen molar-refractivity contribution in [2.24, 2.45) is 0 Å².